The first-order valence-electron chi connectivity index (χ1n) is 6.76. The molecule has 1 amide bonds. The number of rotatable bonds is 7. The lowest BCUT2D eigenvalue weighted by Crippen LogP contribution is -2.37. The lowest BCUT2D eigenvalue weighted by molar-refractivity contribution is -0.127. The molecule has 106 valence electrons. The Morgan fingerprint density at radius 2 is 1.89 bits per heavy atom. The van der Waals surface area contributed by atoms with Crippen LogP contribution < -0.4 is 15.8 Å². The summed E-state index contributed by atoms with van der Waals surface area (Å²) in [5, 5.41) is 2.87. The topological polar surface area (TPSA) is 64.3 Å². The highest BCUT2D eigenvalue weighted by Gasteiger charge is 2.13. The van der Waals surface area contributed by atoms with Gasteiger partial charge in [0.25, 0.3) is 5.91 Å². The standard InChI is InChI=1S/C15H24N2O2/c1-11(2)8-9-17-15(18)12(3)19-14-6-4-13(10-16)5-7-14/h4-7,11-12H,8-10,16H2,1-3H3,(H,17,18). The van der Waals surface area contributed by atoms with Gasteiger partial charge in [-0.05, 0) is 37.0 Å². The van der Waals surface area contributed by atoms with Crippen LogP contribution in [-0.4, -0.2) is 18.6 Å². The third-order valence-electron chi connectivity index (χ3n) is 2.86. The summed E-state index contributed by atoms with van der Waals surface area (Å²) in [7, 11) is 0. The molecule has 0 aliphatic heterocycles. The molecule has 1 atom stereocenters. The SMILES string of the molecule is CC(C)CCNC(=O)C(C)Oc1ccc(CN)cc1. The van der Waals surface area contributed by atoms with Crippen LogP contribution in [0.1, 0.15) is 32.8 Å². The lowest BCUT2D eigenvalue weighted by atomic mass is 10.1. The minimum Gasteiger partial charge on any atom is -0.481 e. The van der Waals surface area contributed by atoms with Crippen LogP contribution >= 0.6 is 0 Å². The summed E-state index contributed by atoms with van der Waals surface area (Å²) in [5.41, 5.74) is 6.57. The van der Waals surface area contributed by atoms with E-state index in [-0.39, 0.29) is 5.91 Å². The van der Waals surface area contributed by atoms with E-state index in [0.29, 0.717) is 24.8 Å². The fourth-order valence-corrected chi connectivity index (χ4v) is 1.59. The second kappa shape index (κ2) is 7.79. The quantitative estimate of drug-likeness (QED) is 0.792. The molecule has 1 aromatic rings. The first kappa shape index (κ1) is 15.5. The second-order valence-electron chi connectivity index (χ2n) is 5.08. The van der Waals surface area contributed by atoms with Gasteiger partial charge in [0.2, 0.25) is 0 Å². The monoisotopic (exact) mass is 264 g/mol. The average Bonchev–Trinajstić information content (AvgIpc) is 2.39. The van der Waals surface area contributed by atoms with Crippen LogP contribution in [-0.2, 0) is 11.3 Å². The second-order valence-corrected chi connectivity index (χ2v) is 5.08. The smallest absolute Gasteiger partial charge is 0.260 e. The summed E-state index contributed by atoms with van der Waals surface area (Å²) < 4.78 is 5.58. The van der Waals surface area contributed by atoms with E-state index in [1.807, 2.05) is 24.3 Å². The molecule has 1 unspecified atom stereocenters. The third-order valence-corrected chi connectivity index (χ3v) is 2.86. The first-order valence-corrected chi connectivity index (χ1v) is 6.76. The normalized spacial score (nSPS) is 12.3. The van der Waals surface area contributed by atoms with Gasteiger partial charge < -0.3 is 15.8 Å². The number of hydrogen-bond donors (Lipinski definition) is 2. The Morgan fingerprint density at radius 3 is 2.42 bits per heavy atom. The summed E-state index contributed by atoms with van der Waals surface area (Å²) in [6.45, 7) is 7.21. The zero-order valence-electron chi connectivity index (χ0n) is 12.0. The largest absolute Gasteiger partial charge is 0.481 e. The van der Waals surface area contributed by atoms with E-state index in [1.54, 1.807) is 6.92 Å². The molecule has 19 heavy (non-hydrogen) atoms. The fourth-order valence-electron chi connectivity index (χ4n) is 1.59. The van der Waals surface area contributed by atoms with Crippen molar-refractivity contribution in [1.82, 2.24) is 5.32 Å². The van der Waals surface area contributed by atoms with Gasteiger partial charge in [0.1, 0.15) is 5.75 Å². The van der Waals surface area contributed by atoms with Crippen LogP contribution in [0.15, 0.2) is 24.3 Å². The third kappa shape index (κ3) is 5.75. The maximum atomic E-state index is 11.8. The predicted molar refractivity (Wildman–Crippen MR) is 76.9 cm³/mol. The number of amides is 1. The maximum absolute atomic E-state index is 11.8. The van der Waals surface area contributed by atoms with Gasteiger partial charge in [-0.25, -0.2) is 0 Å². The molecule has 3 N–H and O–H groups in total. The van der Waals surface area contributed by atoms with E-state index in [4.69, 9.17) is 10.5 Å². The molecule has 0 saturated carbocycles. The Labute approximate surface area is 115 Å². The molecular formula is C15H24N2O2. The van der Waals surface area contributed by atoms with Crippen molar-refractivity contribution in [1.29, 1.82) is 0 Å². The Balaban J connectivity index is 2.40. The van der Waals surface area contributed by atoms with Crippen molar-refractivity contribution in [2.24, 2.45) is 11.7 Å². The lowest BCUT2D eigenvalue weighted by Gasteiger charge is -2.15. The van der Waals surface area contributed by atoms with Crippen LogP contribution in [0.3, 0.4) is 0 Å². The van der Waals surface area contributed by atoms with Gasteiger partial charge in [-0.2, -0.15) is 0 Å². The minimum atomic E-state index is -0.490. The highest BCUT2D eigenvalue weighted by Crippen LogP contribution is 2.13. The molecule has 1 aromatic carbocycles. The molecule has 0 saturated heterocycles. The molecule has 1 rings (SSSR count). The van der Waals surface area contributed by atoms with E-state index >= 15 is 0 Å². The van der Waals surface area contributed by atoms with Crippen molar-refractivity contribution in [2.75, 3.05) is 6.54 Å². The number of nitrogens with two attached hydrogens (primary N) is 1. The first-order chi connectivity index (χ1) is 9.02. The van der Waals surface area contributed by atoms with E-state index in [9.17, 15) is 4.79 Å². The summed E-state index contributed by atoms with van der Waals surface area (Å²) in [5.74, 6) is 1.19. The van der Waals surface area contributed by atoms with Gasteiger partial charge in [0, 0.05) is 13.1 Å². The van der Waals surface area contributed by atoms with Gasteiger partial charge in [-0.15, -0.1) is 0 Å². The number of carbonyl (C=O) groups excluding carboxylic acids is 1. The molecule has 0 spiro atoms. The van der Waals surface area contributed by atoms with Gasteiger partial charge >= 0.3 is 0 Å². The van der Waals surface area contributed by atoms with Crippen molar-refractivity contribution < 1.29 is 9.53 Å². The van der Waals surface area contributed by atoms with E-state index in [1.165, 1.54) is 0 Å². The zero-order valence-corrected chi connectivity index (χ0v) is 12.0. The average molecular weight is 264 g/mol. The van der Waals surface area contributed by atoms with E-state index in [0.717, 1.165) is 12.0 Å². The van der Waals surface area contributed by atoms with Gasteiger partial charge in [0.15, 0.2) is 6.10 Å². The van der Waals surface area contributed by atoms with E-state index < -0.39 is 6.10 Å². The van der Waals surface area contributed by atoms with Crippen molar-refractivity contribution in [3.8, 4) is 5.75 Å². The van der Waals surface area contributed by atoms with Gasteiger partial charge in [-0.1, -0.05) is 26.0 Å². The van der Waals surface area contributed by atoms with Crippen LogP contribution in [0.25, 0.3) is 0 Å². The molecule has 0 radical (unpaired) electrons. The van der Waals surface area contributed by atoms with Crippen LogP contribution in [0.5, 0.6) is 5.75 Å². The molecule has 4 nitrogen and oxygen atoms in total. The summed E-state index contributed by atoms with van der Waals surface area (Å²) in [6, 6.07) is 7.47. The summed E-state index contributed by atoms with van der Waals surface area (Å²) in [4.78, 5) is 11.8. The Kier molecular flexibility index (Phi) is 6.36. The maximum Gasteiger partial charge on any atom is 0.260 e. The summed E-state index contributed by atoms with van der Waals surface area (Å²) in [6.07, 6.45) is 0.486. The molecule has 0 aromatic heterocycles. The van der Waals surface area contributed by atoms with Crippen molar-refractivity contribution in [3.05, 3.63) is 29.8 Å². The number of hydrogen-bond acceptors (Lipinski definition) is 3. The molecule has 0 fully saturated rings. The molecule has 0 heterocycles. The highest BCUT2D eigenvalue weighted by atomic mass is 16.5. The Morgan fingerprint density at radius 1 is 1.26 bits per heavy atom. The van der Waals surface area contributed by atoms with Crippen molar-refractivity contribution in [2.45, 2.75) is 39.8 Å². The minimum absolute atomic E-state index is 0.0800. The number of ether oxygens (including phenoxy) is 1. The number of nitrogens with one attached hydrogen (secondary N) is 1. The molecular weight excluding hydrogens is 240 g/mol. The number of carbonyl (C=O) groups is 1. The number of benzene rings is 1. The highest BCUT2D eigenvalue weighted by molar-refractivity contribution is 5.80. The van der Waals surface area contributed by atoms with Crippen molar-refractivity contribution in [3.63, 3.8) is 0 Å². The van der Waals surface area contributed by atoms with Gasteiger partial charge in [-0.3, -0.25) is 4.79 Å². The zero-order chi connectivity index (χ0) is 14.3. The molecule has 4 heteroatoms. The Bertz CT molecular complexity index is 388. The van der Waals surface area contributed by atoms with Crippen LogP contribution in [0.4, 0.5) is 0 Å². The van der Waals surface area contributed by atoms with Crippen LogP contribution in [0.2, 0.25) is 0 Å². The summed E-state index contributed by atoms with van der Waals surface area (Å²) >= 11 is 0. The van der Waals surface area contributed by atoms with E-state index in [2.05, 4.69) is 19.2 Å². The fraction of sp³-hybridized carbons (Fsp3) is 0.533. The van der Waals surface area contributed by atoms with Gasteiger partial charge in [0.05, 0.1) is 0 Å². The van der Waals surface area contributed by atoms with Crippen molar-refractivity contribution >= 4 is 5.91 Å². The molecule has 0 aliphatic rings. The Hall–Kier alpha value is -1.55. The predicted octanol–water partition coefficient (Wildman–Crippen LogP) is 2.07. The van der Waals surface area contributed by atoms with Crippen LogP contribution in [0, 0.1) is 5.92 Å². The molecule has 0 aliphatic carbocycles. The molecule has 0 bridgehead atoms.